The van der Waals surface area contributed by atoms with Gasteiger partial charge in [0.15, 0.2) is 5.65 Å². The van der Waals surface area contributed by atoms with Crippen LogP contribution in [-0.4, -0.2) is 52.7 Å². The second-order valence-corrected chi connectivity index (χ2v) is 7.29. The maximum absolute atomic E-state index is 4.93. The van der Waals surface area contributed by atoms with Gasteiger partial charge in [-0.2, -0.15) is 0 Å². The third kappa shape index (κ3) is 3.26. The van der Waals surface area contributed by atoms with Crippen LogP contribution in [0.3, 0.4) is 0 Å². The van der Waals surface area contributed by atoms with Crippen molar-refractivity contribution in [2.45, 2.75) is 32.2 Å². The van der Waals surface area contributed by atoms with E-state index in [0.717, 1.165) is 43.1 Å². The highest BCUT2D eigenvalue weighted by Crippen LogP contribution is 2.24. The lowest BCUT2D eigenvalue weighted by Crippen LogP contribution is -2.31. The zero-order valence-electron chi connectivity index (χ0n) is 14.0. The number of fused-ring (bicyclic) bond motifs is 1. The maximum Gasteiger partial charge on any atom is 0.159 e. The molecule has 1 atom stereocenters. The van der Waals surface area contributed by atoms with Crippen LogP contribution >= 0.6 is 0 Å². The summed E-state index contributed by atoms with van der Waals surface area (Å²) in [5, 5.41) is 3.48. The molecule has 0 aromatic carbocycles. The van der Waals surface area contributed by atoms with Gasteiger partial charge in [-0.05, 0) is 76.5 Å². The van der Waals surface area contributed by atoms with E-state index in [9.17, 15) is 0 Å². The van der Waals surface area contributed by atoms with E-state index in [2.05, 4.69) is 32.9 Å². The first kappa shape index (κ1) is 15.1. The van der Waals surface area contributed by atoms with E-state index in [1.54, 1.807) is 0 Å². The number of hydrogen-bond acceptors (Lipinski definition) is 4. The molecule has 0 saturated carbocycles. The fourth-order valence-corrected chi connectivity index (χ4v) is 4.01. The third-order valence-electron chi connectivity index (χ3n) is 5.50. The standard InChI is InChI=1S/C18H27N5/c1-22-9-5-14(6-10-22)11-17-21-16-3-2-7-20-18(16)23(17)13-15-4-8-19-12-15/h2-3,7,14-15,19H,4-6,8-13H2,1H3. The van der Waals surface area contributed by atoms with Crippen molar-refractivity contribution in [1.82, 2.24) is 24.8 Å². The Morgan fingerprint density at radius 1 is 1.22 bits per heavy atom. The number of nitrogens with zero attached hydrogens (tertiary/aromatic N) is 4. The number of nitrogens with one attached hydrogen (secondary N) is 1. The molecule has 124 valence electrons. The van der Waals surface area contributed by atoms with E-state index in [4.69, 9.17) is 4.98 Å². The van der Waals surface area contributed by atoms with Crippen LogP contribution < -0.4 is 5.32 Å². The number of hydrogen-bond donors (Lipinski definition) is 1. The van der Waals surface area contributed by atoms with Gasteiger partial charge in [0.05, 0.1) is 0 Å². The van der Waals surface area contributed by atoms with Crippen LogP contribution in [0.5, 0.6) is 0 Å². The average Bonchev–Trinajstić information content (AvgIpc) is 3.19. The number of imidazole rings is 1. The van der Waals surface area contributed by atoms with E-state index in [1.165, 1.54) is 38.2 Å². The topological polar surface area (TPSA) is 46.0 Å². The molecule has 0 radical (unpaired) electrons. The molecule has 2 aromatic rings. The molecule has 2 saturated heterocycles. The fraction of sp³-hybridized carbons (Fsp3) is 0.667. The number of pyridine rings is 1. The van der Waals surface area contributed by atoms with E-state index < -0.39 is 0 Å². The molecule has 5 nitrogen and oxygen atoms in total. The van der Waals surface area contributed by atoms with Gasteiger partial charge in [-0.1, -0.05) is 0 Å². The first-order chi connectivity index (χ1) is 11.3. The van der Waals surface area contributed by atoms with Crippen LogP contribution in [0, 0.1) is 11.8 Å². The number of aromatic nitrogens is 3. The summed E-state index contributed by atoms with van der Waals surface area (Å²) in [5.41, 5.74) is 2.13. The largest absolute Gasteiger partial charge is 0.316 e. The molecule has 0 amide bonds. The maximum atomic E-state index is 4.93. The normalized spacial score (nSPS) is 23.8. The molecule has 4 heterocycles. The van der Waals surface area contributed by atoms with Crippen molar-refractivity contribution in [3.05, 3.63) is 24.2 Å². The van der Waals surface area contributed by atoms with Crippen molar-refractivity contribution in [2.75, 3.05) is 33.2 Å². The summed E-state index contributed by atoms with van der Waals surface area (Å²) in [5.74, 6) is 2.73. The first-order valence-electron chi connectivity index (χ1n) is 8.99. The van der Waals surface area contributed by atoms with Crippen LogP contribution in [0.2, 0.25) is 0 Å². The van der Waals surface area contributed by atoms with Crippen molar-refractivity contribution >= 4 is 11.2 Å². The number of rotatable bonds is 4. The second kappa shape index (κ2) is 6.57. The Morgan fingerprint density at radius 3 is 2.87 bits per heavy atom. The molecule has 2 aromatic heterocycles. The Kier molecular flexibility index (Phi) is 4.31. The molecule has 0 bridgehead atoms. The summed E-state index contributed by atoms with van der Waals surface area (Å²) in [7, 11) is 2.22. The minimum absolute atomic E-state index is 0.714. The second-order valence-electron chi connectivity index (χ2n) is 7.29. The van der Waals surface area contributed by atoms with Gasteiger partial charge in [0, 0.05) is 19.2 Å². The highest BCUT2D eigenvalue weighted by molar-refractivity contribution is 5.71. The molecule has 0 aliphatic carbocycles. The summed E-state index contributed by atoms with van der Waals surface area (Å²) >= 11 is 0. The molecule has 1 N–H and O–H groups in total. The Bertz CT molecular complexity index is 650. The third-order valence-corrected chi connectivity index (χ3v) is 5.50. The van der Waals surface area contributed by atoms with Crippen molar-refractivity contribution in [3.8, 4) is 0 Å². The SMILES string of the molecule is CN1CCC(Cc2nc3cccnc3n2CC2CCNC2)CC1. The molecule has 2 aliphatic heterocycles. The Hall–Kier alpha value is -1.46. The van der Waals surface area contributed by atoms with Crippen molar-refractivity contribution in [3.63, 3.8) is 0 Å². The summed E-state index contributed by atoms with van der Waals surface area (Å²) in [6.45, 7) is 5.77. The first-order valence-corrected chi connectivity index (χ1v) is 8.99. The van der Waals surface area contributed by atoms with Crippen LogP contribution in [0.15, 0.2) is 18.3 Å². The Labute approximate surface area is 138 Å². The predicted octanol–water partition coefficient (Wildman–Crippen LogP) is 1.93. The lowest BCUT2D eigenvalue weighted by atomic mass is 9.93. The Morgan fingerprint density at radius 2 is 2.09 bits per heavy atom. The summed E-state index contributed by atoms with van der Waals surface area (Å²) < 4.78 is 2.41. The average molecular weight is 313 g/mol. The smallest absolute Gasteiger partial charge is 0.159 e. The molecule has 1 unspecified atom stereocenters. The molecule has 0 spiro atoms. The molecule has 5 heteroatoms. The van der Waals surface area contributed by atoms with Crippen LogP contribution in [0.1, 0.15) is 25.1 Å². The zero-order chi connectivity index (χ0) is 15.6. The van der Waals surface area contributed by atoms with Crippen molar-refractivity contribution in [1.29, 1.82) is 0 Å². The van der Waals surface area contributed by atoms with E-state index in [0.29, 0.717) is 5.92 Å². The van der Waals surface area contributed by atoms with E-state index in [1.807, 2.05) is 12.3 Å². The molecule has 23 heavy (non-hydrogen) atoms. The molecular weight excluding hydrogens is 286 g/mol. The lowest BCUT2D eigenvalue weighted by molar-refractivity contribution is 0.216. The summed E-state index contributed by atoms with van der Waals surface area (Å²) in [6, 6.07) is 4.10. The van der Waals surface area contributed by atoms with E-state index >= 15 is 0 Å². The quantitative estimate of drug-likeness (QED) is 0.937. The fourth-order valence-electron chi connectivity index (χ4n) is 4.01. The minimum atomic E-state index is 0.714. The van der Waals surface area contributed by atoms with Gasteiger partial charge in [-0.25, -0.2) is 9.97 Å². The molecular formula is C18H27N5. The van der Waals surface area contributed by atoms with Crippen LogP contribution in [0.25, 0.3) is 11.2 Å². The van der Waals surface area contributed by atoms with Gasteiger partial charge in [-0.15, -0.1) is 0 Å². The Balaban J connectivity index is 1.59. The molecule has 2 aliphatic rings. The minimum Gasteiger partial charge on any atom is -0.316 e. The summed E-state index contributed by atoms with van der Waals surface area (Å²) in [6.07, 6.45) is 6.84. The van der Waals surface area contributed by atoms with Gasteiger partial charge in [0.25, 0.3) is 0 Å². The number of likely N-dealkylation sites (tertiary alicyclic amines) is 1. The number of piperidine rings is 1. The van der Waals surface area contributed by atoms with Gasteiger partial charge >= 0.3 is 0 Å². The highest BCUT2D eigenvalue weighted by Gasteiger charge is 2.23. The van der Waals surface area contributed by atoms with Gasteiger partial charge in [-0.3, -0.25) is 0 Å². The lowest BCUT2D eigenvalue weighted by Gasteiger charge is -2.28. The zero-order valence-corrected chi connectivity index (χ0v) is 14.0. The van der Waals surface area contributed by atoms with Gasteiger partial charge < -0.3 is 14.8 Å². The van der Waals surface area contributed by atoms with Crippen LogP contribution in [-0.2, 0) is 13.0 Å². The predicted molar refractivity (Wildman–Crippen MR) is 92.4 cm³/mol. The van der Waals surface area contributed by atoms with Gasteiger partial charge in [0.2, 0.25) is 0 Å². The molecule has 2 fully saturated rings. The van der Waals surface area contributed by atoms with Crippen LogP contribution in [0.4, 0.5) is 0 Å². The monoisotopic (exact) mass is 313 g/mol. The molecule has 4 rings (SSSR count). The highest BCUT2D eigenvalue weighted by atomic mass is 15.1. The van der Waals surface area contributed by atoms with Crippen molar-refractivity contribution in [2.24, 2.45) is 11.8 Å². The van der Waals surface area contributed by atoms with Crippen molar-refractivity contribution < 1.29 is 0 Å². The van der Waals surface area contributed by atoms with Gasteiger partial charge in [0.1, 0.15) is 11.3 Å². The summed E-state index contributed by atoms with van der Waals surface area (Å²) in [4.78, 5) is 12.0. The van der Waals surface area contributed by atoms with E-state index in [-0.39, 0.29) is 0 Å².